The average molecular weight is 331 g/mol. The van der Waals surface area contributed by atoms with Crippen LogP contribution >= 0.6 is 0 Å². The molecule has 0 unspecified atom stereocenters. The second-order valence-corrected chi connectivity index (χ2v) is 18.4. The molecule has 0 fully saturated rings. The normalized spacial score (nSPS) is 14.5. The maximum absolute atomic E-state index is 6.24. The molecule has 0 N–H and O–H groups in total. The van der Waals surface area contributed by atoms with Gasteiger partial charge in [0.05, 0.1) is 0 Å². The molecular formula is C11H27O5Zr. The van der Waals surface area contributed by atoms with Gasteiger partial charge in [0.15, 0.2) is 0 Å². The Balaban J connectivity index is 5.10. The van der Waals surface area contributed by atoms with Crippen molar-refractivity contribution in [1.29, 1.82) is 0 Å². The van der Waals surface area contributed by atoms with Gasteiger partial charge in [-0.1, -0.05) is 0 Å². The second-order valence-electron chi connectivity index (χ2n) is 4.66. The fourth-order valence-corrected chi connectivity index (χ4v) is 13.4. The zero-order valence-corrected chi connectivity index (χ0v) is 14.2. The summed E-state index contributed by atoms with van der Waals surface area (Å²) in [6.45, 7) is 2.79. The summed E-state index contributed by atoms with van der Waals surface area (Å²) in [5.41, 5.74) is 0. The molecule has 0 atom stereocenters. The van der Waals surface area contributed by atoms with Crippen molar-refractivity contribution in [2.75, 3.05) is 52.3 Å². The van der Waals surface area contributed by atoms with Crippen LogP contribution in [-0.2, 0) is 41.0 Å². The topological polar surface area (TPSA) is 46.2 Å². The van der Waals surface area contributed by atoms with E-state index in [0.29, 0.717) is 23.9 Å². The van der Waals surface area contributed by atoms with E-state index in [4.69, 9.17) is 21.8 Å². The van der Waals surface area contributed by atoms with E-state index in [1.807, 2.05) is 0 Å². The first-order valence-corrected chi connectivity index (χ1v) is 13.9. The van der Waals surface area contributed by atoms with Crippen molar-refractivity contribution >= 4 is 0 Å². The Labute approximate surface area is 106 Å². The molecule has 0 aromatic carbocycles. The first-order valence-electron chi connectivity index (χ1n) is 5.90. The molecule has 0 heterocycles. The number of ether oxygens (including phenoxy) is 4. The third-order valence-electron chi connectivity index (χ3n) is 2.75. The predicted octanol–water partition coefficient (Wildman–Crippen LogP) is 1.43. The SMILES string of the molecule is CCC[O][Zr]([CH2]OC)([CH2]OC)([CH2]OC)[CH2]OC. The van der Waals surface area contributed by atoms with Crippen molar-refractivity contribution in [2.45, 2.75) is 13.3 Å². The van der Waals surface area contributed by atoms with E-state index < -0.39 is 19.2 Å². The van der Waals surface area contributed by atoms with E-state index in [1.54, 1.807) is 28.4 Å². The summed E-state index contributed by atoms with van der Waals surface area (Å²) in [6.07, 6.45) is 0.963. The molecular weight excluding hydrogens is 303 g/mol. The van der Waals surface area contributed by atoms with Crippen LogP contribution in [0.4, 0.5) is 0 Å². The molecule has 0 saturated heterocycles. The molecule has 0 rings (SSSR count). The molecule has 0 aromatic heterocycles. The van der Waals surface area contributed by atoms with Crippen LogP contribution in [0.1, 0.15) is 13.3 Å². The van der Waals surface area contributed by atoms with Crippen LogP contribution in [0.5, 0.6) is 0 Å². The molecule has 17 heavy (non-hydrogen) atoms. The van der Waals surface area contributed by atoms with Gasteiger partial charge in [0, 0.05) is 0 Å². The summed E-state index contributed by atoms with van der Waals surface area (Å²) in [7, 11) is 6.74. The Morgan fingerprint density at radius 3 is 1.29 bits per heavy atom. The van der Waals surface area contributed by atoms with E-state index >= 15 is 0 Å². The van der Waals surface area contributed by atoms with Crippen LogP contribution < -0.4 is 0 Å². The molecule has 0 amide bonds. The van der Waals surface area contributed by atoms with Crippen molar-refractivity contribution in [3.63, 3.8) is 0 Å². The van der Waals surface area contributed by atoms with Crippen molar-refractivity contribution in [3.05, 3.63) is 0 Å². The standard InChI is InChI=1S/C3H7O.4C2H5O.Zr/c1-2-3-4;4*1-3-2;/h2-3H2,1H3;4*1H2,2H3;/q-1;;;;;+1. The first-order chi connectivity index (χ1) is 8.12. The fraction of sp³-hybridized carbons (Fsp3) is 1.00. The van der Waals surface area contributed by atoms with Crippen molar-refractivity contribution < 1.29 is 41.0 Å². The van der Waals surface area contributed by atoms with Crippen molar-refractivity contribution in [1.82, 2.24) is 0 Å². The summed E-state index contributed by atoms with van der Waals surface area (Å²) >= 11 is -3.74. The van der Waals surface area contributed by atoms with Gasteiger partial charge >= 0.3 is 107 Å². The van der Waals surface area contributed by atoms with E-state index in [1.165, 1.54) is 0 Å². The third kappa shape index (κ3) is 5.05. The van der Waals surface area contributed by atoms with Gasteiger partial charge in [-0.2, -0.15) is 0 Å². The van der Waals surface area contributed by atoms with Crippen LogP contribution in [0.3, 0.4) is 0 Å². The molecule has 0 aromatic rings. The molecule has 105 valence electrons. The van der Waals surface area contributed by atoms with Gasteiger partial charge < -0.3 is 0 Å². The van der Waals surface area contributed by atoms with Crippen LogP contribution in [0.2, 0.25) is 0 Å². The van der Waals surface area contributed by atoms with Crippen molar-refractivity contribution in [2.24, 2.45) is 0 Å². The first kappa shape index (κ1) is 17.7. The molecule has 0 saturated carbocycles. The Kier molecular flexibility index (Phi) is 9.08. The van der Waals surface area contributed by atoms with Gasteiger partial charge in [-0.15, -0.1) is 0 Å². The van der Waals surface area contributed by atoms with Gasteiger partial charge in [-0.05, 0) is 0 Å². The second kappa shape index (κ2) is 8.73. The number of methoxy groups -OCH3 is 4. The molecule has 0 bridgehead atoms. The Hall–Kier alpha value is 0.683. The van der Waals surface area contributed by atoms with E-state index in [-0.39, 0.29) is 0 Å². The van der Waals surface area contributed by atoms with Gasteiger partial charge in [-0.25, -0.2) is 0 Å². The summed E-state index contributed by atoms with van der Waals surface area (Å²) < 4.78 is 30.1. The minimum absolute atomic E-state index is 0.566. The molecule has 0 radical (unpaired) electrons. The molecule has 0 aliphatic rings. The van der Waals surface area contributed by atoms with Crippen LogP contribution in [0, 0.1) is 0 Å². The molecule has 0 spiro atoms. The van der Waals surface area contributed by atoms with E-state index in [9.17, 15) is 0 Å². The summed E-state index contributed by atoms with van der Waals surface area (Å²) in [6, 6.07) is 0. The van der Waals surface area contributed by atoms with Crippen molar-refractivity contribution in [3.8, 4) is 0 Å². The quantitative estimate of drug-likeness (QED) is 0.573. The van der Waals surface area contributed by atoms with Gasteiger partial charge in [0.1, 0.15) is 0 Å². The Morgan fingerprint density at radius 1 is 0.706 bits per heavy atom. The average Bonchev–Trinajstić information content (AvgIpc) is 2.28. The number of hydrogen-bond donors (Lipinski definition) is 0. The molecule has 5 nitrogen and oxygen atoms in total. The Bertz CT molecular complexity index is 165. The predicted molar refractivity (Wildman–Crippen MR) is 63.7 cm³/mol. The summed E-state index contributed by atoms with van der Waals surface area (Å²) in [5.74, 6) is 0. The zero-order valence-electron chi connectivity index (χ0n) is 11.8. The van der Waals surface area contributed by atoms with E-state index in [2.05, 4.69) is 6.92 Å². The molecule has 6 heteroatoms. The summed E-state index contributed by atoms with van der Waals surface area (Å²) in [4.78, 5) is 0. The minimum atomic E-state index is -3.74. The monoisotopic (exact) mass is 329 g/mol. The molecule has 0 aliphatic heterocycles. The van der Waals surface area contributed by atoms with Crippen LogP contribution in [-0.4, -0.2) is 52.3 Å². The molecule has 0 aliphatic carbocycles. The number of hydrogen-bond acceptors (Lipinski definition) is 5. The third-order valence-corrected chi connectivity index (χ3v) is 15.3. The van der Waals surface area contributed by atoms with Crippen LogP contribution in [0.25, 0.3) is 0 Å². The Morgan fingerprint density at radius 2 is 1.06 bits per heavy atom. The van der Waals surface area contributed by atoms with E-state index in [0.717, 1.165) is 6.42 Å². The summed E-state index contributed by atoms with van der Waals surface area (Å²) in [5, 5.41) is 0. The maximum atomic E-state index is 6.24. The van der Waals surface area contributed by atoms with Gasteiger partial charge in [0.25, 0.3) is 0 Å². The van der Waals surface area contributed by atoms with Gasteiger partial charge in [0.2, 0.25) is 0 Å². The number of rotatable bonds is 11. The van der Waals surface area contributed by atoms with Crippen LogP contribution in [0.15, 0.2) is 0 Å². The fourth-order valence-electron chi connectivity index (χ4n) is 2.27. The van der Waals surface area contributed by atoms with Gasteiger partial charge in [-0.3, -0.25) is 0 Å². The zero-order chi connectivity index (χ0) is 13.2.